The molecule has 1 aromatic heterocycles. The Morgan fingerprint density at radius 1 is 1.09 bits per heavy atom. The number of β-lactam (4-membered cyclic amide) rings is 1. The first kappa shape index (κ1) is 36.3. The number of aromatic nitrogens is 1. The van der Waals surface area contributed by atoms with E-state index >= 15 is 0 Å². The van der Waals surface area contributed by atoms with Crippen LogP contribution in [0.1, 0.15) is 52.8 Å². The number of carbonyl (C=O) groups excluding carboxylic acids is 5. The molecule has 2 aromatic rings. The van der Waals surface area contributed by atoms with Crippen LogP contribution < -0.4 is 11.1 Å². The van der Waals surface area contributed by atoms with Crippen molar-refractivity contribution in [2.24, 2.45) is 10.6 Å². The molecule has 3 rings (SSSR count). The lowest BCUT2D eigenvalue weighted by atomic mass is 9.98. The molecule has 18 nitrogen and oxygen atoms in total. The molecule has 2 atom stereocenters. The molecular weight excluding hydrogens is 644 g/mol. The minimum atomic E-state index is -1.71. The van der Waals surface area contributed by atoms with Crippen LogP contribution in [0.4, 0.5) is 10.8 Å². The van der Waals surface area contributed by atoms with Gasteiger partial charge in [0.25, 0.3) is 17.5 Å². The molecule has 254 valence electrons. The van der Waals surface area contributed by atoms with E-state index in [1.54, 1.807) is 27.7 Å². The van der Waals surface area contributed by atoms with Crippen LogP contribution in [-0.2, 0) is 54.5 Å². The third-order valence-corrected chi connectivity index (χ3v) is 6.99. The fourth-order valence-electron chi connectivity index (χ4n) is 3.53. The van der Waals surface area contributed by atoms with Crippen LogP contribution in [0.3, 0.4) is 0 Å². The first-order chi connectivity index (χ1) is 21.9. The fourth-order valence-corrected chi connectivity index (χ4v) is 4.08. The van der Waals surface area contributed by atoms with E-state index in [1.807, 2.05) is 0 Å². The molecule has 19 heteroatoms. The molecule has 0 spiro atoms. The second-order valence-electron chi connectivity index (χ2n) is 11.6. The van der Waals surface area contributed by atoms with Crippen molar-refractivity contribution in [1.82, 2.24) is 15.4 Å². The van der Waals surface area contributed by atoms with Crippen molar-refractivity contribution in [3.05, 3.63) is 51.0 Å². The fraction of sp³-hybridized carbons (Fsp3) is 0.464. The molecular formula is C28H34N6O12S. The van der Waals surface area contributed by atoms with Gasteiger partial charge in [0.2, 0.25) is 12.4 Å². The normalized spacial score (nSPS) is 16.5. The SMILES string of the molecule is C[C@H]1[C@H](NC(=O)C(=NOC(C)(C)C(=O)OCc2ccc([N+](=O)[O-])cc2)c2csc(N)n2)C(=O)N1OCC(=O)OCOC(=O)C(C)(C)C. The number of hydroxylamine groups is 2. The Morgan fingerprint density at radius 2 is 1.74 bits per heavy atom. The van der Waals surface area contributed by atoms with Crippen LogP contribution >= 0.6 is 11.3 Å². The summed E-state index contributed by atoms with van der Waals surface area (Å²) in [5, 5.41) is 19.6. The van der Waals surface area contributed by atoms with Gasteiger partial charge in [0.1, 0.15) is 18.3 Å². The molecule has 1 aromatic carbocycles. The number of amides is 2. The Hall–Kier alpha value is -5.17. The molecule has 3 N–H and O–H groups in total. The average molecular weight is 679 g/mol. The quantitative estimate of drug-likeness (QED) is 0.0721. The molecule has 47 heavy (non-hydrogen) atoms. The summed E-state index contributed by atoms with van der Waals surface area (Å²) in [4.78, 5) is 87.3. The van der Waals surface area contributed by atoms with Gasteiger partial charge < -0.3 is 30.1 Å². The summed E-state index contributed by atoms with van der Waals surface area (Å²) in [6, 6.07) is 3.57. The predicted molar refractivity (Wildman–Crippen MR) is 162 cm³/mol. The highest BCUT2D eigenvalue weighted by Gasteiger charge is 2.47. The molecule has 1 aliphatic rings. The van der Waals surface area contributed by atoms with Crippen LogP contribution in [0.2, 0.25) is 0 Å². The van der Waals surface area contributed by atoms with Crippen LogP contribution in [0.5, 0.6) is 0 Å². The molecule has 2 heterocycles. The van der Waals surface area contributed by atoms with Gasteiger partial charge in [0.15, 0.2) is 17.5 Å². The monoisotopic (exact) mass is 678 g/mol. The second kappa shape index (κ2) is 14.9. The lowest BCUT2D eigenvalue weighted by Gasteiger charge is -2.43. The Morgan fingerprint density at radius 3 is 2.30 bits per heavy atom. The number of non-ortho nitro benzene ring substituents is 1. The zero-order valence-electron chi connectivity index (χ0n) is 26.3. The predicted octanol–water partition coefficient (Wildman–Crippen LogP) is 1.61. The van der Waals surface area contributed by atoms with Gasteiger partial charge >= 0.3 is 17.9 Å². The number of nitrogens with zero attached hydrogens (tertiary/aromatic N) is 4. The van der Waals surface area contributed by atoms with Gasteiger partial charge in [-0.3, -0.25) is 29.3 Å². The lowest BCUT2D eigenvalue weighted by Crippen LogP contribution is -2.70. The number of hydrogen-bond acceptors (Lipinski definition) is 16. The van der Waals surface area contributed by atoms with Crippen molar-refractivity contribution in [3.63, 3.8) is 0 Å². The number of nitro groups is 1. The Balaban J connectivity index is 1.58. The van der Waals surface area contributed by atoms with Gasteiger partial charge in [-0.25, -0.2) is 19.6 Å². The van der Waals surface area contributed by atoms with Gasteiger partial charge in [-0.1, -0.05) is 5.16 Å². The number of nitrogen functional groups attached to an aromatic ring is 1. The Labute approximate surface area is 272 Å². The number of thiazole rings is 1. The average Bonchev–Trinajstić information content (AvgIpc) is 3.43. The first-order valence-corrected chi connectivity index (χ1v) is 14.8. The topological polar surface area (TPSA) is 241 Å². The van der Waals surface area contributed by atoms with Crippen molar-refractivity contribution in [3.8, 4) is 0 Å². The number of ether oxygens (including phenoxy) is 3. The summed E-state index contributed by atoms with van der Waals surface area (Å²) >= 11 is 1.01. The molecule has 1 fully saturated rings. The molecule has 1 aliphatic heterocycles. The summed E-state index contributed by atoms with van der Waals surface area (Å²) in [5.74, 6) is -3.92. The standard InChI is InChI=1S/C28H34N6O12S/c1-15-20(23(37)33(15)45-12-19(35)43-14-44-24(38)27(2,3)4)31-22(36)21(18-13-47-26(29)30-18)32-46-28(5,6)25(39)42-11-16-7-9-17(10-8-16)34(40)41/h7-10,13,15,20H,11-12,14H2,1-6H3,(H2,29,30)(H,31,36)/t15-,20-/m0/s1. The summed E-state index contributed by atoms with van der Waals surface area (Å²) in [6.07, 6.45) is 0. The van der Waals surface area contributed by atoms with E-state index in [1.165, 1.54) is 43.5 Å². The van der Waals surface area contributed by atoms with Crippen LogP contribution in [0.25, 0.3) is 0 Å². The Kier molecular flexibility index (Phi) is 11.5. The minimum Gasteiger partial charge on any atom is -0.458 e. The first-order valence-electron chi connectivity index (χ1n) is 13.9. The summed E-state index contributed by atoms with van der Waals surface area (Å²) in [6.45, 7) is 7.60. The van der Waals surface area contributed by atoms with E-state index < -0.39 is 76.9 Å². The molecule has 0 saturated carbocycles. The second-order valence-corrected chi connectivity index (χ2v) is 12.4. The molecule has 0 bridgehead atoms. The van der Waals surface area contributed by atoms with E-state index in [2.05, 4.69) is 15.5 Å². The van der Waals surface area contributed by atoms with Gasteiger partial charge in [0.05, 0.1) is 16.4 Å². The lowest BCUT2D eigenvalue weighted by molar-refractivity contribution is -0.384. The number of benzene rings is 1. The Bertz CT molecular complexity index is 1550. The molecule has 0 unspecified atom stereocenters. The smallest absolute Gasteiger partial charge is 0.353 e. The van der Waals surface area contributed by atoms with Crippen LogP contribution in [0.15, 0.2) is 34.8 Å². The van der Waals surface area contributed by atoms with Crippen molar-refractivity contribution >= 4 is 57.6 Å². The van der Waals surface area contributed by atoms with Crippen LogP contribution in [-0.4, -0.2) is 81.5 Å². The highest BCUT2D eigenvalue weighted by atomic mass is 32.1. The summed E-state index contributed by atoms with van der Waals surface area (Å²) in [7, 11) is 0. The van der Waals surface area contributed by atoms with Crippen molar-refractivity contribution < 1.29 is 52.8 Å². The van der Waals surface area contributed by atoms with Crippen LogP contribution in [0, 0.1) is 15.5 Å². The highest BCUT2D eigenvalue weighted by Crippen LogP contribution is 2.22. The number of nitrogens with two attached hydrogens (primary N) is 1. The third kappa shape index (κ3) is 9.66. The van der Waals surface area contributed by atoms with E-state index in [-0.39, 0.29) is 23.1 Å². The maximum absolute atomic E-state index is 13.2. The number of nitro benzene ring substituents is 1. The van der Waals surface area contributed by atoms with Crippen molar-refractivity contribution in [2.75, 3.05) is 19.1 Å². The van der Waals surface area contributed by atoms with E-state index in [0.29, 0.717) is 5.56 Å². The van der Waals surface area contributed by atoms with Crippen molar-refractivity contribution in [2.45, 2.75) is 65.8 Å². The number of esters is 3. The largest absolute Gasteiger partial charge is 0.458 e. The summed E-state index contributed by atoms with van der Waals surface area (Å²) < 4.78 is 14.9. The number of nitrogens with one attached hydrogen (secondary N) is 1. The van der Waals surface area contributed by atoms with E-state index in [4.69, 9.17) is 29.6 Å². The zero-order valence-corrected chi connectivity index (χ0v) is 27.2. The minimum absolute atomic E-state index is 0.00230. The van der Waals surface area contributed by atoms with Crippen molar-refractivity contribution in [1.29, 1.82) is 0 Å². The molecule has 1 saturated heterocycles. The number of anilines is 1. The number of carbonyl (C=O) groups is 5. The van der Waals surface area contributed by atoms with Gasteiger partial charge in [-0.05, 0) is 59.2 Å². The molecule has 2 amide bonds. The third-order valence-electron chi connectivity index (χ3n) is 6.32. The van der Waals surface area contributed by atoms with Gasteiger partial charge in [-0.15, -0.1) is 11.3 Å². The number of oxime groups is 1. The summed E-state index contributed by atoms with van der Waals surface area (Å²) in [5.41, 5.74) is 3.18. The zero-order chi connectivity index (χ0) is 35.1. The number of rotatable bonds is 14. The van der Waals surface area contributed by atoms with E-state index in [0.717, 1.165) is 16.4 Å². The number of hydrogen-bond donors (Lipinski definition) is 2. The van der Waals surface area contributed by atoms with Gasteiger partial charge in [-0.2, -0.15) is 0 Å². The molecule has 0 radical (unpaired) electrons. The maximum Gasteiger partial charge on any atom is 0.353 e. The van der Waals surface area contributed by atoms with E-state index in [9.17, 15) is 34.1 Å². The highest BCUT2D eigenvalue weighted by molar-refractivity contribution is 7.13. The maximum atomic E-state index is 13.2. The molecule has 0 aliphatic carbocycles. The van der Waals surface area contributed by atoms with Gasteiger partial charge in [0, 0.05) is 17.5 Å².